The topological polar surface area (TPSA) is 12.5 Å². The first-order valence-electron chi connectivity index (χ1n) is 8.40. The maximum absolute atomic E-state index is 5.48. The smallest absolute Gasteiger partial charge is 0.0503 e. The van der Waals surface area contributed by atoms with Gasteiger partial charge in [-0.3, -0.25) is 0 Å². The third kappa shape index (κ3) is 7.74. The second-order valence-electron chi connectivity index (χ2n) is 5.90. The van der Waals surface area contributed by atoms with Crippen molar-refractivity contribution in [2.45, 2.75) is 65.2 Å². The van der Waals surface area contributed by atoms with Gasteiger partial charge in [-0.25, -0.2) is 0 Å². The number of ether oxygens (including phenoxy) is 1. The molecule has 0 saturated carbocycles. The van der Waals surface area contributed by atoms with Gasteiger partial charge in [-0.1, -0.05) is 38.0 Å². The molecule has 0 N–H and O–H groups in total. The number of nitrogens with zero attached hydrogens (tertiary/aromatic N) is 1. The van der Waals surface area contributed by atoms with Crippen molar-refractivity contribution in [3.63, 3.8) is 0 Å². The number of rotatable bonds is 10. The van der Waals surface area contributed by atoms with Crippen molar-refractivity contribution in [3.8, 4) is 0 Å². The molecule has 0 fully saturated rings. The molecule has 20 heavy (non-hydrogen) atoms. The highest BCUT2D eigenvalue weighted by atomic mass is 16.5. The first kappa shape index (κ1) is 17.3. The highest BCUT2D eigenvalue weighted by molar-refractivity contribution is 5.03. The van der Waals surface area contributed by atoms with Crippen LogP contribution in [0.3, 0.4) is 0 Å². The second kappa shape index (κ2) is 11.0. The molecule has 0 spiro atoms. The summed E-state index contributed by atoms with van der Waals surface area (Å²) in [6.07, 6.45) is 12.5. The van der Waals surface area contributed by atoms with E-state index in [-0.39, 0.29) is 0 Å². The standard InChI is InChI=1S/C18H33NO/c1-4-13-19(17(2)3)14-8-6-5-7-10-18-11-9-15-20-16-12-18/h11H,2,4-10,12-16H2,1,3H3. The molecule has 0 aromatic rings. The van der Waals surface area contributed by atoms with Crippen molar-refractivity contribution in [1.82, 2.24) is 4.90 Å². The van der Waals surface area contributed by atoms with Gasteiger partial charge < -0.3 is 9.64 Å². The van der Waals surface area contributed by atoms with Gasteiger partial charge in [-0.15, -0.1) is 0 Å². The zero-order chi connectivity index (χ0) is 14.6. The lowest BCUT2D eigenvalue weighted by Gasteiger charge is -2.24. The fraction of sp³-hybridized carbons (Fsp3) is 0.778. The molecule has 0 aromatic carbocycles. The van der Waals surface area contributed by atoms with Gasteiger partial charge in [-0.05, 0) is 45.4 Å². The van der Waals surface area contributed by atoms with Crippen molar-refractivity contribution in [2.24, 2.45) is 0 Å². The van der Waals surface area contributed by atoms with E-state index >= 15 is 0 Å². The zero-order valence-corrected chi connectivity index (χ0v) is 13.6. The van der Waals surface area contributed by atoms with Gasteiger partial charge in [0.25, 0.3) is 0 Å². The molecule has 0 aromatic heterocycles. The largest absolute Gasteiger partial charge is 0.381 e. The van der Waals surface area contributed by atoms with E-state index in [1.54, 1.807) is 5.57 Å². The Morgan fingerprint density at radius 1 is 1.20 bits per heavy atom. The van der Waals surface area contributed by atoms with Crippen LogP contribution in [-0.2, 0) is 4.74 Å². The molecule has 116 valence electrons. The molecule has 0 atom stereocenters. The van der Waals surface area contributed by atoms with Crippen LogP contribution in [0.5, 0.6) is 0 Å². The molecule has 2 nitrogen and oxygen atoms in total. The van der Waals surface area contributed by atoms with E-state index in [1.165, 1.54) is 50.8 Å². The van der Waals surface area contributed by atoms with Gasteiger partial charge in [0.1, 0.15) is 0 Å². The van der Waals surface area contributed by atoms with Gasteiger partial charge in [0, 0.05) is 18.8 Å². The first-order valence-corrected chi connectivity index (χ1v) is 8.40. The van der Waals surface area contributed by atoms with Gasteiger partial charge in [0.15, 0.2) is 0 Å². The quantitative estimate of drug-likeness (QED) is 0.416. The molecule has 0 aliphatic carbocycles. The second-order valence-corrected chi connectivity index (χ2v) is 5.90. The van der Waals surface area contributed by atoms with Crippen molar-refractivity contribution in [2.75, 3.05) is 26.3 Å². The normalized spacial score (nSPS) is 15.6. The fourth-order valence-electron chi connectivity index (χ4n) is 2.75. The molecule has 1 heterocycles. The van der Waals surface area contributed by atoms with Crippen molar-refractivity contribution < 1.29 is 4.74 Å². The van der Waals surface area contributed by atoms with E-state index in [9.17, 15) is 0 Å². The average molecular weight is 279 g/mol. The predicted molar refractivity (Wildman–Crippen MR) is 87.9 cm³/mol. The molecule has 0 radical (unpaired) electrons. The van der Waals surface area contributed by atoms with Gasteiger partial charge >= 0.3 is 0 Å². The molecular weight excluding hydrogens is 246 g/mol. The lowest BCUT2D eigenvalue weighted by atomic mass is 10.0. The number of hydrogen-bond donors (Lipinski definition) is 0. The summed E-state index contributed by atoms with van der Waals surface area (Å²) < 4.78 is 5.48. The summed E-state index contributed by atoms with van der Waals surface area (Å²) in [4.78, 5) is 2.42. The number of unbranched alkanes of at least 4 members (excludes halogenated alkanes) is 3. The molecule has 1 rings (SSSR count). The maximum Gasteiger partial charge on any atom is 0.0503 e. The van der Waals surface area contributed by atoms with E-state index in [1.807, 2.05) is 0 Å². The predicted octanol–water partition coefficient (Wildman–Crippen LogP) is 4.92. The number of hydrogen-bond acceptors (Lipinski definition) is 2. The summed E-state index contributed by atoms with van der Waals surface area (Å²) in [5.74, 6) is 0. The van der Waals surface area contributed by atoms with E-state index < -0.39 is 0 Å². The summed E-state index contributed by atoms with van der Waals surface area (Å²) in [5.41, 5.74) is 2.84. The van der Waals surface area contributed by atoms with E-state index in [2.05, 4.69) is 31.4 Å². The molecular formula is C18H33NO. The lowest BCUT2D eigenvalue weighted by molar-refractivity contribution is 0.146. The van der Waals surface area contributed by atoms with Crippen LogP contribution in [0.2, 0.25) is 0 Å². The molecule has 0 unspecified atom stereocenters. The molecule has 2 heteroatoms. The lowest BCUT2D eigenvalue weighted by Crippen LogP contribution is -2.23. The van der Waals surface area contributed by atoms with Crippen molar-refractivity contribution in [3.05, 3.63) is 23.9 Å². The van der Waals surface area contributed by atoms with Crippen LogP contribution in [-0.4, -0.2) is 31.2 Å². The van der Waals surface area contributed by atoms with E-state index in [0.29, 0.717) is 0 Å². The van der Waals surface area contributed by atoms with Crippen molar-refractivity contribution in [1.29, 1.82) is 0 Å². The van der Waals surface area contributed by atoms with E-state index in [0.717, 1.165) is 32.6 Å². The van der Waals surface area contributed by atoms with Crippen LogP contribution in [0, 0.1) is 0 Å². The summed E-state index contributed by atoms with van der Waals surface area (Å²) >= 11 is 0. The minimum Gasteiger partial charge on any atom is -0.381 e. The Bertz CT molecular complexity index is 296. The minimum absolute atomic E-state index is 0.914. The van der Waals surface area contributed by atoms with Gasteiger partial charge in [0.05, 0.1) is 13.2 Å². The third-order valence-electron chi connectivity index (χ3n) is 3.97. The monoisotopic (exact) mass is 279 g/mol. The summed E-state index contributed by atoms with van der Waals surface area (Å²) in [7, 11) is 0. The Morgan fingerprint density at radius 2 is 2.00 bits per heavy atom. The SMILES string of the molecule is C=C(C)N(CCC)CCCCCCC1=CCCOCC1. The van der Waals surface area contributed by atoms with Crippen LogP contribution >= 0.6 is 0 Å². The number of allylic oxidation sites excluding steroid dienone is 1. The van der Waals surface area contributed by atoms with E-state index in [4.69, 9.17) is 4.74 Å². The summed E-state index contributed by atoms with van der Waals surface area (Å²) in [6.45, 7) is 12.6. The maximum atomic E-state index is 5.48. The van der Waals surface area contributed by atoms with Crippen LogP contribution in [0.25, 0.3) is 0 Å². The van der Waals surface area contributed by atoms with Crippen LogP contribution < -0.4 is 0 Å². The Labute approximate surface area is 125 Å². The Hall–Kier alpha value is -0.760. The fourth-order valence-corrected chi connectivity index (χ4v) is 2.75. The summed E-state index contributed by atoms with van der Waals surface area (Å²) in [6, 6.07) is 0. The van der Waals surface area contributed by atoms with Gasteiger partial charge in [-0.2, -0.15) is 0 Å². The molecule has 0 amide bonds. The molecule has 0 saturated heterocycles. The van der Waals surface area contributed by atoms with Crippen LogP contribution in [0.4, 0.5) is 0 Å². The molecule has 1 aliphatic rings. The highest BCUT2D eigenvalue weighted by Gasteiger charge is 2.04. The Balaban J connectivity index is 2.03. The first-order chi connectivity index (χ1) is 9.74. The minimum atomic E-state index is 0.914. The molecule has 0 bridgehead atoms. The molecule has 1 aliphatic heterocycles. The van der Waals surface area contributed by atoms with Crippen LogP contribution in [0.1, 0.15) is 65.2 Å². The Morgan fingerprint density at radius 3 is 2.75 bits per heavy atom. The van der Waals surface area contributed by atoms with Crippen LogP contribution in [0.15, 0.2) is 23.9 Å². The third-order valence-corrected chi connectivity index (χ3v) is 3.97. The average Bonchev–Trinajstić information content (AvgIpc) is 2.69. The highest BCUT2D eigenvalue weighted by Crippen LogP contribution is 2.17. The summed E-state index contributed by atoms with van der Waals surface area (Å²) in [5, 5.41) is 0. The van der Waals surface area contributed by atoms with Crippen molar-refractivity contribution >= 4 is 0 Å². The van der Waals surface area contributed by atoms with Gasteiger partial charge in [0.2, 0.25) is 0 Å². The zero-order valence-electron chi connectivity index (χ0n) is 13.6. The Kier molecular flexibility index (Phi) is 9.48.